The molecule has 0 bridgehead atoms. The molecular formula is C26H29FN4O. The van der Waals surface area contributed by atoms with Crippen LogP contribution in [0, 0.1) is 5.82 Å². The molecular weight excluding hydrogens is 403 g/mol. The van der Waals surface area contributed by atoms with Crippen molar-refractivity contribution in [1.29, 1.82) is 0 Å². The van der Waals surface area contributed by atoms with Gasteiger partial charge >= 0.3 is 0 Å². The molecule has 0 spiro atoms. The zero-order valence-electron chi connectivity index (χ0n) is 18.7. The van der Waals surface area contributed by atoms with Gasteiger partial charge in [0.05, 0.1) is 11.7 Å². The van der Waals surface area contributed by atoms with Crippen LogP contribution in [0.25, 0.3) is 11.1 Å². The quantitative estimate of drug-likeness (QED) is 0.525. The number of nitrogens with zero attached hydrogens (tertiary/aromatic N) is 4. The molecule has 0 saturated carbocycles. The topological polar surface area (TPSA) is 49.3 Å². The molecule has 0 unspecified atom stereocenters. The molecule has 1 fully saturated rings. The lowest BCUT2D eigenvalue weighted by atomic mass is 9.99. The Morgan fingerprint density at radius 2 is 1.88 bits per heavy atom. The highest BCUT2D eigenvalue weighted by molar-refractivity contribution is 5.78. The summed E-state index contributed by atoms with van der Waals surface area (Å²) in [4.78, 5) is 26.4. The van der Waals surface area contributed by atoms with Crippen LogP contribution in [-0.4, -0.2) is 41.4 Å². The maximum absolute atomic E-state index is 13.2. The maximum atomic E-state index is 13.2. The van der Waals surface area contributed by atoms with Gasteiger partial charge in [0.2, 0.25) is 11.9 Å². The van der Waals surface area contributed by atoms with E-state index in [0.29, 0.717) is 12.4 Å². The van der Waals surface area contributed by atoms with Crippen LogP contribution in [-0.2, 0) is 11.2 Å². The van der Waals surface area contributed by atoms with Crippen molar-refractivity contribution in [2.45, 2.75) is 38.1 Å². The molecule has 166 valence electrons. The number of rotatable bonds is 7. The summed E-state index contributed by atoms with van der Waals surface area (Å²) in [5, 5.41) is 0. The van der Waals surface area contributed by atoms with E-state index in [4.69, 9.17) is 4.98 Å². The van der Waals surface area contributed by atoms with E-state index in [1.807, 2.05) is 48.3 Å². The Kier molecular flexibility index (Phi) is 6.78. The number of aryl methyl sites for hydroxylation is 1. The first-order valence-corrected chi connectivity index (χ1v) is 11.2. The highest BCUT2D eigenvalue weighted by Gasteiger charge is 2.33. The average Bonchev–Trinajstić information content (AvgIpc) is 3.30. The van der Waals surface area contributed by atoms with E-state index in [0.717, 1.165) is 54.6 Å². The molecule has 5 nitrogen and oxygen atoms in total. The van der Waals surface area contributed by atoms with Gasteiger partial charge in [-0.2, -0.15) is 0 Å². The summed E-state index contributed by atoms with van der Waals surface area (Å²) in [6.07, 6.45) is 5.71. The number of benzene rings is 2. The van der Waals surface area contributed by atoms with Crippen molar-refractivity contribution in [3.8, 4) is 11.1 Å². The first kappa shape index (κ1) is 21.9. The number of halogens is 1. The number of anilines is 1. The minimum absolute atomic E-state index is 0.0507. The second-order valence-corrected chi connectivity index (χ2v) is 8.45. The zero-order chi connectivity index (χ0) is 22.5. The third-order valence-corrected chi connectivity index (χ3v) is 5.95. The fraction of sp³-hybridized carbons (Fsp3) is 0.346. The Morgan fingerprint density at radius 1 is 1.12 bits per heavy atom. The third kappa shape index (κ3) is 4.96. The van der Waals surface area contributed by atoms with Crippen LogP contribution in [0.3, 0.4) is 0 Å². The van der Waals surface area contributed by atoms with Gasteiger partial charge in [-0.05, 0) is 48.9 Å². The van der Waals surface area contributed by atoms with E-state index in [9.17, 15) is 9.18 Å². The SMILES string of the molecule is CN(C)c1ncc(-c2ccccc2)c([C@H]2CCCN2C(=O)CCCc2ccc(F)cc2)n1. The van der Waals surface area contributed by atoms with E-state index in [1.54, 1.807) is 12.1 Å². The predicted molar refractivity (Wildman–Crippen MR) is 125 cm³/mol. The van der Waals surface area contributed by atoms with Crippen molar-refractivity contribution in [2.24, 2.45) is 0 Å². The molecule has 6 heteroatoms. The van der Waals surface area contributed by atoms with Crippen molar-refractivity contribution < 1.29 is 9.18 Å². The summed E-state index contributed by atoms with van der Waals surface area (Å²) in [5.41, 5.74) is 4.00. The number of aromatic nitrogens is 2. The fourth-order valence-electron chi connectivity index (χ4n) is 4.28. The van der Waals surface area contributed by atoms with Crippen LogP contribution in [0.5, 0.6) is 0 Å². The highest BCUT2D eigenvalue weighted by atomic mass is 19.1. The molecule has 1 atom stereocenters. The molecule has 1 aliphatic heterocycles. The molecule has 0 N–H and O–H groups in total. The van der Waals surface area contributed by atoms with Crippen LogP contribution in [0.1, 0.15) is 43.0 Å². The van der Waals surface area contributed by atoms with Crippen molar-refractivity contribution in [2.75, 3.05) is 25.5 Å². The van der Waals surface area contributed by atoms with Crippen LogP contribution < -0.4 is 4.90 Å². The van der Waals surface area contributed by atoms with Gasteiger partial charge in [0.25, 0.3) is 0 Å². The molecule has 1 aromatic heterocycles. The smallest absolute Gasteiger partial charge is 0.225 e. The number of likely N-dealkylation sites (tertiary alicyclic amines) is 1. The Bertz CT molecular complexity index is 1050. The zero-order valence-corrected chi connectivity index (χ0v) is 18.7. The van der Waals surface area contributed by atoms with E-state index in [-0.39, 0.29) is 17.8 Å². The van der Waals surface area contributed by atoms with Gasteiger partial charge < -0.3 is 9.80 Å². The third-order valence-electron chi connectivity index (χ3n) is 5.95. The van der Waals surface area contributed by atoms with Gasteiger partial charge in [0.15, 0.2) is 0 Å². The van der Waals surface area contributed by atoms with Gasteiger partial charge in [-0.25, -0.2) is 14.4 Å². The maximum Gasteiger partial charge on any atom is 0.225 e. The van der Waals surface area contributed by atoms with Gasteiger partial charge in [-0.15, -0.1) is 0 Å². The molecule has 1 aliphatic rings. The van der Waals surface area contributed by atoms with E-state index >= 15 is 0 Å². The summed E-state index contributed by atoms with van der Waals surface area (Å²) in [6.45, 7) is 0.746. The molecule has 32 heavy (non-hydrogen) atoms. The monoisotopic (exact) mass is 432 g/mol. The minimum Gasteiger partial charge on any atom is -0.347 e. The van der Waals surface area contributed by atoms with Crippen LogP contribution in [0.2, 0.25) is 0 Å². The second kappa shape index (κ2) is 9.90. The van der Waals surface area contributed by atoms with Crippen molar-refractivity contribution in [3.05, 3.63) is 77.9 Å². The molecule has 0 aliphatic carbocycles. The van der Waals surface area contributed by atoms with Gasteiger partial charge in [0.1, 0.15) is 5.82 Å². The molecule has 3 aromatic rings. The predicted octanol–water partition coefficient (Wildman–Crippen LogP) is 5.04. The van der Waals surface area contributed by atoms with Crippen molar-refractivity contribution in [1.82, 2.24) is 14.9 Å². The molecule has 4 rings (SSSR count). The van der Waals surface area contributed by atoms with Crippen molar-refractivity contribution >= 4 is 11.9 Å². The van der Waals surface area contributed by atoms with Crippen LogP contribution in [0.4, 0.5) is 10.3 Å². The number of carbonyl (C=O) groups is 1. The number of carbonyl (C=O) groups excluding carboxylic acids is 1. The normalized spacial score (nSPS) is 15.7. The largest absolute Gasteiger partial charge is 0.347 e. The van der Waals surface area contributed by atoms with Gasteiger partial charge in [-0.3, -0.25) is 4.79 Å². The van der Waals surface area contributed by atoms with Gasteiger partial charge in [0, 0.05) is 38.8 Å². The molecule has 2 aromatic carbocycles. The lowest BCUT2D eigenvalue weighted by molar-refractivity contribution is -0.132. The minimum atomic E-state index is -0.235. The van der Waals surface area contributed by atoms with E-state index < -0.39 is 0 Å². The summed E-state index contributed by atoms with van der Waals surface area (Å²) in [6, 6.07) is 16.6. The number of hydrogen-bond acceptors (Lipinski definition) is 4. The Balaban J connectivity index is 1.53. The Hall–Kier alpha value is -3.28. The fourth-order valence-corrected chi connectivity index (χ4v) is 4.28. The lowest BCUT2D eigenvalue weighted by Gasteiger charge is -2.27. The standard InChI is InChI=1S/C26H29FN4O/c1-30(2)26-28-18-22(20-9-4-3-5-10-20)25(29-26)23-11-7-17-31(23)24(32)12-6-8-19-13-15-21(27)16-14-19/h3-5,9-10,13-16,18,23H,6-8,11-12,17H2,1-2H3/t23-/m1/s1. The Morgan fingerprint density at radius 3 is 2.59 bits per heavy atom. The summed E-state index contributed by atoms with van der Waals surface area (Å²) in [7, 11) is 3.85. The molecule has 1 saturated heterocycles. The van der Waals surface area contributed by atoms with Crippen molar-refractivity contribution in [3.63, 3.8) is 0 Å². The Labute approximate surface area is 188 Å². The average molecular weight is 433 g/mol. The van der Waals surface area contributed by atoms with Crippen LogP contribution in [0.15, 0.2) is 60.8 Å². The molecule has 1 amide bonds. The van der Waals surface area contributed by atoms with Gasteiger partial charge in [-0.1, -0.05) is 42.5 Å². The summed E-state index contributed by atoms with van der Waals surface area (Å²) in [5.74, 6) is 0.565. The summed E-state index contributed by atoms with van der Waals surface area (Å²) < 4.78 is 13.1. The molecule has 2 heterocycles. The van der Waals surface area contributed by atoms with E-state index in [2.05, 4.69) is 17.1 Å². The van der Waals surface area contributed by atoms with E-state index in [1.165, 1.54) is 12.1 Å². The highest BCUT2D eigenvalue weighted by Crippen LogP contribution is 2.37. The second-order valence-electron chi connectivity index (χ2n) is 8.45. The molecule has 0 radical (unpaired) electrons. The first-order chi connectivity index (χ1) is 15.5. The summed E-state index contributed by atoms with van der Waals surface area (Å²) >= 11 is 0. The first-order valence-electron chi connectivity index (χ1n) is 11.2. The van der Waals surface area contributed by atoms with Crippen LogP contribution >= 0.6 is 0 Å². The lowest BCUT2D eigenvalue weighted by Crippen LogP contribution is -2.31. The number of hydrogen-bond donors (Lipinski definition) is 0. The number of amides is 1.